The van der Waals surface area contributed by atoms with Gasteiger partial charge in [0.15, 0.2) is 0 Å². The first-order valence-corrected chi connectivity index (χ1v) is 7.58. The summed E-state index contributed by atoms with van der Waals surface area (Å²) in [6, 6.07) is -0.163. The predicted octanol–water partition coefficient (Wildman–Crippen LogP) is 1.69. The van der Waals surface area contributed by atoms with Crippen LogP contribution in [0.3, 0.4) is 0 Å². The van der Waals surface area contributed by atoms with Crippen molar-refractivity contribution in [3.8, 4) is 12.3 Å². The number of carbonyl (C=O) groups is 1. The van der Waals surface area contributed by atoms with Crippen LogP contribution in [0.4, 0.5) is 0 Å². The highest BCUT2D eigenvalue weighted by molar-refractivity contribution is 5.81. The molecule has 5 atom stereocenters. The summed E-state index contributed by atoms with van der Waals surface area (Å²) in [5.74, 6) is 4.24. The summed E-state index contributed by atoms with van der Waals surface area (Å²) in [5.41, 5.74) is 5.65. The molecule has 1 amide bonds. The van der Waals surface area contributed by atoms with Crippen LogP contribution >= 0.6 is 0 Å². The molecule has 3 aliphatic rings. The number of primary amides is 1. The molecule has 0 spiro atoms. The molecule has 1 aliphatic heterocycles. The quantitative estimate of drug-likeness (QED) is 0.604. The Kier molecular flexibility index (Phi) is 2.99. The molecule has 0 aromatic rings. The molecule has 20 heavy (non-hydrogen) atoms. The molecular formula is C17H24N2O. The van der Waals surface area contributed by atoms with Crippen molar-refractivity contribution in [1.82, 2.24) is 5.32 Å². The molecule has 2 fully saturated rings. The highest BCUT2D eigenvalue weighted by atomic mass is 16.1. The van der Waals surface area contributed by atoms with Gasteiger partial charge < -0.3 is 11.1 Å². The van der Waals surface area contributed by atoms with Gasteiger partial charge >= 0.3 is 0 Å². The second kappa shape index (κ2) is 4.36. The first-order valence-electron chi connectivity index (χ1n) is 7.58. The van der Waals surface area contributed by atoms with Gasteiger partial charge in [-0.2, -0.15) is 0 Å². The first kappa shape index (κ1) is 13.7. The molecule has 2 aliphatic carbocycles. The zero-order valence-electron chi connectivity index (χ0n) is 12.4. The maximum absolute atomic E-state index is 11.7. The van der Waals surface area contributed by atoms with Gasteiger partial charge in [-0.3, -0.25) is 4.79 Å². The molecule has 1 saturated carbocycles. The number of rotatable bonds is 4. The number of nitrogens with one attached hydrogen (secondary N) is 1. The third kappa shape index (κ3) is 1.90. The van der Waals surface area contributed by atoms with Gasteiger partial charge in [-0.1, -0.05) is 12.2 Å². The van der Waals surface area contributed by atoms with E-state index in [1.54, 1.807) is 0 Å². The third-order valence-corrected chi connectivity index (χ3v) is 5.81. The van der Waals surface area contributed by atoms with Crippen molar-refractivity contribution in [1.29, 1.82) is 0 Å². The average molecular weight is 272 g/mol. The van der Waals surface area contributed by atoms with Crippen LogP contribution in [-0.2, 0) is 4.79 Å². The van der Waals surface area contributed by atoms with E-state index in [9.17, 15) is 4.79 Å². The van der Waals surface area contributed by atoms with E-state index in [4.69, 9.17) is 12.2 Å². The highest BCUT2D eigenvalue weighted by Crippen LogP contribution is 2.61. The van der Waals surface area contributed by atoms with Crippen LogP contribution in [0.2, 0.25) is 0 Å². The van der Waals surface area contributed by atoms with Crippen LogP contribution in [0.15, 0.2) is 12.2 Å². The Labute approximate surface area is 121 Å². The minimum absolute atomic E-state index is 0.0764. The van der Waals surface area contributed by atoms with E-state index in [0.717, 1.165) is 19.4 Å². The van der Waals surface area contributed by atoms with Gasteiger partial charge in [-0.05, 0) is 62.8 Å². The van der Waals surface area contributed by atoms with E-state index < -0.39 is 0 Å². The molecule has 0 radical (unpaired) electrons. The number of nitrogens with two attached hydrogens (primary N) is 1. The molecule has 5 unspecified atom stereocenters. The first-order chi connectivity index (χ1) is 9.38. The zero-order valence-corrected chi connectivity index (χ0v) is 12.4. The lowest BCUT2D eigenvalue weighted by Gasteiger charge is -2.36. The van der Waals surface area contributed by atoms with E-state index in [0.29, 0.717) is 17.8 Å². The van der Waals surface area contributed by atoms with Crippen molar-refractivity contribution >= 4 is 5.91 Å². The fourth-order valence-corrected chi connectivity index (χ4v) is 4.62. The van der Waals surface area contributed by atoms with Crippen LogP contribution in [0, 0.1) is 40.9 Å². The lowest BCUT2D eigenvalue weighted by molar-refractivity contribution is -0.121. The lowest BCUT2D eigenvalue weighted by Crippen LogP contribution is -2.45. The molecule has 3 nitrogen and oxygen atoms in total. The van der Waals surface area contributed by atoms with Crippen molar-refractivity contribution in [2.24, 2.45) is 34.3 Å². The van der Waals surface area contributed by atoms with Crippen LogP contribution < -0.4 is 11.1 Å². The van der Waals surface area contributed by atoms with Crippen molar-refractivity contribution < 1.29 is 4.79 Å². The highest BCUT2D eigenvalue weighted by Gasteiger charge is 2.60. The Hall–Kier alpha value is -1.27. The maximum atomic E-state index is 11.7. The Morgan fingerprint density at radius 2 is 2.35 bits per heavy atom. The molecule has 3 rings (SSSR count). The van der Waals surface area contributed by atoms with Crippen molar-refractivity contribution in [2.75, 3.05) is 6.54 Å². The van der Waals surface area contributed by atoms with Crippen LogP contribution in [0.25, 0.3) is 0 Å². The Bertz CT molecular complexity index is 502. The Balaban J connectivity index is 1.83. The second-order valence-corrected chi connectivity index (χ2v) is 7.47. The summed E-state index contributed by atoms with van der Waals surface area (Å²) in [5, 5.41) is 3.34. The third-order valence-electron chi connectivity index (χ3n) is 5.81. The summed E-state index contributed by atoms with van der Waals surface area (Å²) >= 11 is 0. The Morgan fingerprint density at radius 3 is 3.00 bits per heavy atom. The van der Waals surface area contributed by atoms with Crippen LogP contribution in [-0.4, -0.2) is 18.5 Å². The van der Waals surface area contributed by atoms with E-state index in [1.165, 1.54) is 6.42 Å². The summed E-state index contributed by atoms with van der Waals surface area (Å²) in [6.07, 6.45) is 13.6. The number of hydrogen-bond acceptors (Lipinski definition) is 2. The fourth-order valence-electron chi connectivity index (χ4n) is 4.62. The molecule has 2 bridgehead atoms. The lowest BCUT2D eigenvalue weighted by atomic mass is 9.67. The minimum atomic E-state index is -0.200. The summed E-state index contributed by atoms with van der Waals surface area (Å²) < 4.78 is 0. The monoisotopic (exact) mass is 272 g/mol. The minimum Gasteiger partial charge on any atom is -0.368 e. The number of terminal acetylenes is 1. The molecule has 3 heteroatoms. The Morgan fingerprint density at radius 1 is 1.60 bits per heavy atom. The number of carbonyl (C=O) groups excluding carboxylic acids is 1. The smallest absolute Gasteiger partial charge is 0.234 e. The van der Waals surface area contributed by atoms with E-state index in [-0.39, 0.29) is 22.8 Å². The molecule has 1 saturated heterocycles. The predicted molar refractivity (Wildman–Crippen MR) is 79.5 cm³/mol. The SMILES string of the molecule is C#CC(C)(C)CCC12C=CC(C1)C1CNC(C(N)=O)C12. The van der Waals surface area contributed by atoms with Gasteiger partial charge in [0.1, 0.15) is 0 Å². The topological polar surface area (TPSA) is 55.1 Å². The molecule has 0 aromatic heterocycles. The van der Waals surface area contributed by atoms with E-state index in [2.05, 4.69) is 37.2 Å². The second-order valence-electron chi connectivity index (χ2n) is 7.47. The standard InChI is InChI=1S/C17H24N2O/c1-4-16(2,3)7-8-17-6-5-11(9-17)12-10-19-14(13(12)17)15(18)20/h1,5-6,11-14,19H,7-10H2,2-3H3,(H2,18,20). The van der Waals surface area contributed by atoms with Crippen LogP contribution in [0.1, 0.15) is 33.1 Å². The van der Waals surface area contributed by atoms with E-state index >= 15 is 0 Å². The molecular weight excluding hydrogens is 248 g/mol. The summed E-state index contributed by atoms with van der Waals surface area (Å²) in [4.78, 5) is 11.7. The largest absolute Gasteiger partial charge is 0.368 e. The fraction of sp³-hybridized carbons (Fsp3) is 0.706. The molecule has 108 valence electrons. The van der Waals surface area contributed by atoms with Crippen molar-refractivity contribution in [3.05, 3.63) is 12.2 Å². The van der Waals surface area contributed by atoms with Crippen LogP contribution in [0.5, 0.6) is 0 Å². The summed E-state index contributed by atoms with van der Waals surface area (Å²) in [6.45, 7) is 5.16. The van der Waals surface area contributed by atoms with Gasteiger partial charge in [-0.25, -0.2) is 0 Å². The van der Waals surface area contributed by atoms with Gasteiger partial charge in [0, 0.05) is 5.41 Å². The number of hydrogen-bond donors (Lipinski definition) is 2. The average Bonchev–Trinajstić information content (AvgIpc) is 3.07. The molecule has 3 N–H and O–H groups in total. The number of fused-ring (bicyclic) bond motifs is 5. The summed E-state index contributed by atoms with van der Waals surface area (Å²) in [7, 11) is 0. The van der Waals surface area contributed by atoms with E-state index in [1.807, 2.05) is 0 Å². The van der Waals surface area contributed by atoms with Crippen molar-refractivity contribution in [2.45, 2.75) is 39.2 Å². The van der Waals surface area contributed by atoms with Gasteiger partial charge in [0.2, 0.25) is 5.91 Å². The van der Waals surface area contributed by atoms with Crippen molar-refractivity contribution in [3.63, 3.8) is 0 Å². The molecule has 0 aromatic carbocycles. The van der Waals surface area contributed by atoms with Gasteiger partial charge in [-0.15, -0.1) is 12.3 Å². The molecule has 1 heterocycles. The van der Waals surface area contributed by atoms with Gasteiger partial charge in [0.25, 0.3) is 0 Å². The number of allylic oxidation sites excluding steroid dienone is 2. The number of amides is 1. The van der Waals surface area contributed by atoms with Gasteiger partial charge in [0.05, 0.1) is 6.04 Å². The maximum Gasteiger partial charge on any atom is 0.234 e. The zero-order chi connectivity index (χ0) is 14.5. The normalized spacial score (nSPS) is 41.6.